The fourth-order valence-corrected chi connectivity index (χ4v) is 2.69. The fourth-order valence-electron chi connectivity index (χ4n) is 2.69. The number of rotatable bonds is 5. The summed E-state index contributed by atoms with van der Waals surface area (Å²) in [5.74, 6) is 2.72. The van der Waals surface area contributed by atoms with Crippen molar-refractivity contribution in [2.45, 2.75) is 13.3 Å². The Morgan fingerprint density at radius 3 is 2.48 bits per heavy atom. The van der Waals surface area contributed by atoms with Crippen molar-refractivity contribution in [1.82, 2.24) is 14.9 Å². The van der Waals surface area contributed by atoms with Gasteiger partial charge in [-0.15, -0.1) is 0 Å². The zero-order chi connectivity index (χ0) is 16.1. The van der Waals surface area contributed by atoms with Crippen LogP contribution >= 0.6 is 0 Å². The molecule has 3 rings (SSSR count). The summed E-state index contributed by atoms with van der Waals surface area (Å²) in [6.07, 6.45) is 1.08. The molecular formula is C18H25N5. The molecule has 0 aliphatic carbocycles. The number of benzene rings is 1. The van der Waals surface area contributed by atoms with Crippen LogP contribution in [0.15, 0.2) is 36.4 Å². The number of aromatic nitrogens is 2. The molecule has 23 heavy (non-hydrogen) atoms. The van der Waals surface area contributed by atoms with Crippen molar-refractivity contribution in [3.8, 4) is 11.4 Å². The van der Waals surface area contributed by atoms with E-state index in [-0.39, 0.29) is 0 Å². The Balaban J connectivity index is 1.91. The van der Waals surface area contributed by atoms with Crippen LogP contribution in [0.3, 0.4) is 0 Å². The predicted molar refractivity (Wildman–Crippen MR) is 96.0 cm³/mol. The minimum Gasteiger partial charge on any atom is -0.370 e. The number of nitrogens with one attached hydrogen (secondary N) is 1. The molecule has 1 saturated heterocycles. The molecule has 5 nitrogen and oxygen atoms in total. The fraction of sp³-hybridized carbons (Fsp3) is 0.444. The lowest BCUT2D eigenvalue weighted by atomic mass is 10.2. The summed E-state index contributed by atoms with van der Waals surface area (Å²) < 4.78 is 0. The normalized spacial score (nSPS) is 15.7. The second kappa shape index (κ2) is 7.42. The highest BCUT2D eigenvalue weighted by molar-refractivity contribution is 5.61. The van der Waals surface area contributed by atoms with Crippen LogP contribution in [0.2, 0.25) is 0 Å². The van der Waals surface area contributed by atoms with Crippen molar-refractivity contribution in [2.75, 3.05) is 50.0 Å². The Bertz CT molecular complexity index is 621. The lowest BCUT2D eigenvalue weighted by molar-refractivity contribution is 0.312. The number of nitrogens with zero attached hydrogens (tertiary/aromatic N) is 4. The molecule has 0 spiro atoms. The van der Waals surface area contributed by atoms with Crippen LogP contribution in [0.1, 0.15) is 13.3 Å². The van der Waals surface area contributed by atoms with Gasteiger partial charge in [0, 0.05) is 44.4 Å². The Hall–Kier alpha value is -2.14. The van der Waals surface area contributed by atoms with E-state index in [4.69, 9.17) is 9.97 Å². The molecule has 0 amide bonds. The molecule has 0 saturated carbocycles. The van der Waals surface area contributed by atoms with Gasteiger partial charge in [0.25, 0.3) is 0 Å². The molecule has 1 aromatic carbocycles. The summed E-state index contributed by atoms with van der Waals surface area (Å²) >= 11 is 0. The molecule has 2 heterocycles. The second-order valence-corrected chi connectivity index (χ2v) is 6.02. The first-order valence-corrected chi connectivity index (χ1v) is 8.38. The van der Waals surface area contributed by atoms with Gasteiger partial charge in [-0.1, -0.05) is 37.3 Å². The Morgan fingerprint density at radius 2 is 1.78 bits per heavy atom. The molecule has 1 aliphatic heterocycles. The Labute approximate surface area is 138 Å². The van der Waals surface area contributed by atoms with Gasteiger partial charge in [0.1, 0.15) is 11.6 Å². The summed E-state index contributed by atoms with van der Waals surface area (Å²) in [6.45, 7) is 7.25. The number of hydrogen-bond acceptors (Lipinski definition) is 5. The van der Waals surface area contributed by atoms with E-state index in [0.717, 1.165) is 62.2 Å². The van der Waals surface area contributed by atoms with Gasteiger partial charge in [-0.3, -0.25) is 0 Å². The van der Waals surface area contributed by atoms with Crippen molar-refractivity contribution in [3.63, 3.8) is 0 Å². The van der Waals surface area contributed by atoms with Crippen molar-refractivity contribution in [1.29, 1.82) is 0 Å². The third kappa shape index (κ3) is 3.99. The number of piperazine rings is 1. The Kier molecular flexibility index (Phi) is 5.08. The smallest absolute Gasteiger partial charge is 0.163 e. The number of likely N-dealkylation sites (N-methyl/N-ethyl adjacent to an activating group) is 1. The van der Waals surface area contributed by atoms with Crippen LogP contribution < -0.4 is 10.2 Å². The van der Waals surface area contributed by atoms with Gasteiger partial charge in [0.15, 0.2) is 5.82 Å². The van der Waals surface area contributed by atoms with Gasteiger partial charge in [-0.25, -0.2) is 9.97 Å². The van der Waals surface area contributed by atoms with E-state index in [1.165, 1.54) is 0 Å². The molecule has 1 aliphatic rings. The first-order chi connectivity index (χ1) is 11.3. The molecule has 5 heteroatoms. The summed E-state index contributed by atoms with van der Waals surface area (Å²) in [5.41, 5.74) is 1.06. The van der Waals surface area contributed by atoms with E-state index < -0.39 is 0 Å². The van der Waals surface area contributed by atoms with Gasteiger partial charge in [-0.2, -0.15) is 0 Å². The van der Waals surface area contributed by atoms with Crippen molar-refractivity contribution in [2.24, 2.45) is 0 Å². The van der Waals surface area contributed by atoms with E-state index >= 15 is 0 Å². The quantitative estimate of drug-likeness (QED) is 0.920. The molecule has 1 aromatic heterocycles. The van der Waals surface area contributed by atoms with Gasteiger partial charge in [0.05, 0.1) is 0 Å². The van der Waals surface area contributed by atoms with Crippen LogP contribution in [0.5, 0.6) is 0 Å². The molecule has 2 aromatic rings. The van der Waals surface area contributed by atoms with E-state index in [2.05, 4.69) is 47.3 Å². The maximum atomic E-state index is 4.82. The monoisotopic (exact) mass is 311 g/mol. The first-order valence-electron chi connectivity index (χ1n) is 8.38. The minimum absolute atomic E-state index is 0.792. The average molecular weight is 311 g/mol. The zero-order valence-electron chi connectivity index (χ0n) is 14.0. The lowest BCUT2D eigenvalue weighted by Crippen LogP contribution is -2.44. The van der Waals surface area contributed by atoms with E-state index in [9.17, 15) is 0 Å². The van der Waals surface area contributed by atoms with Crippen LogP contribution in [0.4, 0.5) is 11.6 Å². The second-order valence-electron chi connectivity index (χ2n) is 6.02. The summed E-state index contributed by atoms with van der Waals surface area (Å²) in [5, 5.41) is 3.40. The van der Waals surface area contributed by atoms with Gasteiger partial charge in [0.2, 0.25) is 0 Å². The van der Waals surface area contributed by atoms with Crippen molar-refractivity contribution in [3.05, 3.63) is 36.4 Å². The molecule has 1 N–H and O–H groups in total. The number of anilines is 2. The first kappa shape index (κ1) is 15.7. The topological polar surface area (TPSA) is 44.3 Å². The molecular weight excluding hydrogens is 286 g/mol. The average Bonchev–Trinajstić information content (AvgIpc) is 2.61. The Morgan fingerprint density at radius 1 is 1.04 bits per heavy atom. The SMILES string of the molecule is CCCNc1cc(N2CCN(C)CC2)nc(-c2ccccc2)n1. The summed E-state index contributed by atoms with van der Waals surface area (Å²) in [4.78, 5) is 14.2. The highest BCUT2D eigenvalue weighted by Crippen LogP contribution is 2.23. The molecule has 0 atom stereocenters. The molecule has 1 fully saturated rings. The molecule has 0 unspecified atom stereocenters. The van der Waals surface area contributed by atoms with E-state index in [1.807, 2.05) is 18.2 Å². The number of hydrogen-bond donors (Lipinski definition) is 1. The maximum Gasteiger partial charge on any atom is 0.163 e. The van der Waals surface area contributed by atoms with Crippen LogP contribution in [0, 0.1) is 0 Å². The third-order valence-corrected chi connectivity index (χ3v) is 4.13. The molecule has 122 valence electrons. The van der Waals surface area contributed by atoms with Gasteiger partial charge < -0.3 is 15.1 Å². The van der Waals surface area contributed by atoms with E-state index in [0.29, 0.717) is 0 Å². The highest BCUT2D eigenvalue weighted by atomic mass is 15.3. The van der Waals surface area contributed by atoms with Gasteiger partial charge in [-0.05, 0) is 13.5 Å². The standard InChI is InChI=1S/C18H25N5/c1-3-9-19-16-14-17(23-12-10-22(2)11-13-23)21-18(20-16)15-7-5-4-6-8-15/h4-8,14H,3,9-13H2,1-2H3,(H,19,20,21). The van der Waals surface area contributed by atoms with Crippen LogP contribution in [-0.4, -0.2) is 54.6 Å². The largest absolute Gasteiger partial charge is 0.370 e. The van der Waals surface area contributed by atoms with Crippen LogP contribution in [0.25, 0.3) is 11.4 Å². The highest BCUT2D eigenvalue weighted by Gasteiger charge is 2.17. The lowest BCUT2D eigenvalue weighted by Gasteiger charge is -2.33. The van der Waals surface area contributed by atoms with Gasteiger partial charge >= 0.3 is 0 Å². The van der Waals surface area contributed by atoms with Crippen LogP contribution in [-0.2, 0) is 0 Å². The minimum atomic E-state index is 0.792. The third-order valence-electron chi connectivity index (χ3n) is 4.13. The summed E-state index contributed by atoms with van der Waals surface area (Å²) in [7, 11) is 2.17. The maximum absolute atomic E-state index is 4.82. The molecule has 0 bridgehead atoms. The molecule has 0 radical (unpaired) electrons. The van der Waals surface area contributed by atoms with Crippen molar-refractivity contribution < 1.29 is 0 Å². The summed E-state index contributed by atoms with van der Waals surface area (Å²) in [6, 6.07) is 12.3. The predicted octanol–water partition coefficient (Wildman–Crippen LogP) is 2.72. The van der Waals surface area contributed by atoms with E-state index in [1.54, 1.807) is 0 Å². The zero-order valence-corrected chi connectivity index (χ0v) is 14.0. The van der Waals surface area contributed by atoms with Crippen molar-refractivity contribution >= 4 is 11.6 Å².